The molecule has 1 unspecified atom stereocenters. The fourth-order valence-corrected chi connectivity index (χ4v) is 4.23. The van der Waals surface area contributed by atoms with Gasteiger partial charge in [-0.25, -0.2) is 4.98 Å². The van der Waals surface area contributed by atoms with Crippen LogP contribution in [0.15, 0.2) is 60.3 Å². The van der Waals surface area contributed by atoms with Crippen LogP contribution in [-0.4, -0.2) is 18.1 Å². The van der Waals surface area contributed by atoms with E-state index in [-0.39, 0.29) is 11.5 Å². The third-order valence-corrected chi connectivity index (χ3v) is 6.14. The Balaban J connectivity index is 1.57. The fraction of sp³-hybridized carbons (Fsp3) is 0.423. The first-order valence-electron chi connectivity index (χ1n) is 10.9. The van der Waals surface area contributed by atoms with E-state index in [9.17, 15) is 0 Å². The Kier molecular flexibility index (Phi) is 5.49. The van der Waals surface area contributed by atoms with Crippen molar-refractivity contribution in [3.05, 3.63) is 77.0 Å². The van der Waals surface area contributed by atoms with Crippen LogP contribution in [0.3, 0.4) is 0 Å². The van der Waals surface area contributed by atoms with Crippen LogP contribution in [-0.2, 0) is 6.42 Å². The lowest BCUT2D eigenvalue weighted by Gasteiger charge is -2.34. The van der Waals surface area contributed by atoms with Crippen LogP contribution >= 0.6 is 0 Å². The third kappa shape index (κ3) is 4.55. The first-order valence-corrected chi connectivity index (χ1v) is 10.9. The highest BCUT2D eigenvalue weighted by atomic mass is 15.2. The van der Waals surface area contributed by atoms with Gasteiger partial charge in [0.2, 0.25) is 0 Å². The van der Waals surface area contributed by atoms with E-state index in [2.05, 4.69) is 86.5 Å². The second-order valence-corrected chi connectivity index (χ2v) is 9.27. The zero-order valence-corrected chi connectivity index (χ0v) is 18.2. The minimum atomic E-state index is 0.216. The van der Waals surface area contributed by atoms with Crippen molar-refractivity contribution < 1.29 is 0 Å². The number of rotatable bonds is 5. The van der Waals surface area contributed by atoms with Crippen LogP contribution < -0.4 is 10.2 Å². The van der Waals surface area contributed by atoms with Gasteiger partial charge in [0.15, 0.2) is 0 Å². The summed E-state index contributed by atoms with van der Waals surface area (Å²) in [5.41, 5.74) is 6.97. The van der Waals surface area contributed by atoms with Gasteiger partial charge in [0.1, 0.15) is 5.82 Å². The van der Waals surface area contributed by atoms with Crippen molar-refractivity contribution in [2.75, 3.05) is 23.3 Å². The number of pyridine rings is 1. The van der Waals surface area contributed by atoms with Crippen LogP contribution in [0.2, 0.25) is 0 Å². The first kappa shape index (κ1) is 19.8. The Bertz CT molecular complexity index is 921. The summed E-state index contributed by atoms with van der Waals surface area (Å²) < 4.78 is 0. The standard InChI is InChI=1S/C26H33N3/c1-19-7-9-22(10-8-19)20(2)28-25-24-23(13-16-27-25)6-5-17-29(24)18-21-11-14-26(3,4)15-12-21/h7-14,16,20H,5-6,15,17-18H2,1-4H3,(H,27,28). The van der Waals surface area contributed by atoms with Crippen molar-refractivity contribution in [2.45, 2.75) is 53.0 Å². The summed E-state index contributed by atoms with van der Waals surface area (Å²) in [5.74, 6) is 1.01. The van der Waals surface area contributed by atoms with Crippen LogP contribution in [0.1, 0.15) is 56.3 Å². The quantitative estimate of drug-likeness (QED) is 0.659. The molecule has 0 radical (unpaired) electrons. The lowest BCUT2D eigenvalue weighted by molar-refractivity contribution is 0.481. The monoisotopic (exact) mass is 387 g/mol. The molecule has 1 aromatic carbocycles. The number of fused-ring (bicyclic) bond motifs is 1. The summed E-state index contributed by atoms with van der Waals surface area (Å²) in [6, 6.07) is 11.2. The molecule has 0 fully saturated rings. The number of aryl methyl sites for hydroxylation is 2. The van der Waals surface area contributed by atoms with Gasteiger partial charge in [-0.2, -0.15) is 0 Å². The predicted octanol–water partition coefficient (Wildman–Crippen LogP) is 6.23. The molecule has 152 valence electrons. The molecule has 0 amide bonds. The van der Waals surface area contributed by atoms with Crippen molar-refractivity contribution in [1.29, 1.82) is 0 Å². The van der Waals surface area contributed by atoms with E-state index < -0.39 is 0 Å². The molecule has 0 saturated carbocycles. The van der Waals surface area contributed by atoms with Gasteiger partial charge < -0.3 is 10.2 Å². The molecule has 1 N–H and O–H groups in total. The van der Waals surface area contributed by atoms with E-state index in [1.807, 2.05) is 6.20 Å². The van der Waals surface area contributed by atoms with Gasteiger partial charge in [-0.3, -0.25) is 0 Å². The zero-order valence-electron chi connectivity index (χ0n) is 18.2. The minimum absolute atomic E-state index is 0.216. The largest absolute Gasteiger partial charge is 0.364 e. The molecule has 2 heterocycles. The second kappa shape index (κ2) is 8.06. The molecule has 1 aliphatic heterocycles. The van der Waals surface area contributed by atoms with Gasteiger partial charge in [-0.1, -0.05) is 61.9 Å². The maximum Gasteiger partial charge on any atom is 0.150 e. The topological polar surface area (TPSA) is 28.2 Å². The molecule has 3 heteroatoms. The van der Waals surface area contributed by atoms with Crippen LogP contribution in [0, 0.1) is 12.3 Å². The lowest BCUT2D eigenvalue weighted by atomic mass is 9.84. The molecule has 2 aromatic rings. The molecule has 0 saturated heterocycles. The fourth-order valence-electron chi connectivity index (χ4n) is 4.23. The van der Waals surface area contributed by atoms with Gasteiger partial charge in [0.05, 0.1) is 11.7 Å². The first-order chi connectivity index (χ1) is 13.9. The van der Waals surface area contributed by atoms with Gasteiger partial charge in [-0.15, -0.1) is 0 Å². The summed E-state index contributed by atoms with van der Waals surface area (Å²) in [6.07, 6.45) is 12.5. The Morgan fingerprint density at radius 1 is 1.17 bits per heavy atom. The molecular weight excluding hydrogens is 354 g/mol. The SMILES string of the molecule is Cc1ccc(C(C)Nc2nccc3c2N(CC2=CCC(C)(C)C=C2)CCC3)cc1. The van der Waals surface area contributed by atoms with Crippen LogP contribution in [0.4, 0.5) is 11.5 Å². The van der Waals surface area contributed by atoms with Gasteiger partial charge in [0, 0.05) is 19.3 Å². The van der Waals surface area contributed by atoms with E-state index in [0.717, 1.165) is 31.7 Å². The molecule has 1 aromatic heterocycles. The van der Waals surface area contributed by atoms with Crippen LogP contribution in [0.25, 0.3) is 0 Å². The van der Waals surface area contributed by atoms with E-state index in [1.165, 1.54) is 34.4 Å². The average Bonchev–Trinajstić information content (AvgIpc) is 2.70. The van der Waals surface area contributed by atoms with Gasteiger partial charge >= 0.3 is 0 Å². The molecular formula is C26H33N3. The summed E-state index contributed by atoms with van der Waals surface area (Å²) in [7, 11) is 0. The minimum Gasteiger partial charge on any atom is -0.364 e. The van der Waals surface area contributed by atoms with Crippen molar-refractivity contribution >= 4 is 11.5 Å². The number of aromatic nitrogens is 1. The van der Waals surface area contributed by atoms with Crippen molar-refractivity contribution in [1.82, 2.24) is 4.98 Å². The highest BCUT2D eigenvalue weighted by Gasteiger charge is 2.24. The number of hydrogen-bond acceptors (Lipinski definition) is 3. The molecule has 2 aliphatic rings. The van der Waals surface area contributed by atoms with E-state index in [0.29, 0.717) is 0 Å². The Hall–Kier alpha value is -2.55. The van der Waals surface area contributed by atoms with E-state index >= 15 is 0 Å². The average molecular weight is 388 g/mol. The predicted molar refractivity (Wildman–Crippen MR) is 124 cm³/mol. The molecule has 0 spiro atoms. The lowest BCUT2D eigenvalue weighted by Crippen LogP contribution is -2.32. The van der Waals surface area contributed by atoms with E-state index in [4.69, 9.17) is 4.98 Å². The summed E-state index contributed by atoms with van der Waals surface area (Å²) in [6.45, 7) is 11.0. The van der Waals surface area contributed by atoms with E-state index in [1.54, 1.807) is 0 Å². The molecule has 1 aliphatic carbocycles. The summed E-state index contributed by atoms with van der Waals surface area (Å²) in [4.78, 5) is 7.27. The number of hydrogen-bond donors (Lipinski definition) is 1. The molecule has 0 bridgehead atoms. The Morgan fingerprint density at radius 2 is 1.97 bits per heavy atom. The molecule has 4 rings (SSSR count). The maximum atomic E-state index is 4.75. The van der Waals surface area contributed by atoms with Crippen LogP contribution in [0.5, 0.6) is 0 Å². The number of benzene rings is 1. The number of allylic oxidation sites excluding steroid dienone is 2. The summed E-state index contributed by atoms with van der Waals surface area (Å²) in [5, 5.41) is 3.70. The normalized spacial score (nSPS) is 18.8. The number of nitrogens with one attached hydrogen (secondary N) is 1. The van der Waals surface area contributed by atoms with Crippen molar-refractivity contribution in [2.24, 2.45) is 5.41 Å². The number of nitrogens with zero attached hydrogens (tertiary/aromatic N) is 2. The van der Waals surface area contributed by atoms with Gasteiger partial charge in [-0.05, 0) is 61.3 Å². The van der Waals surface area contributed by atoms with Crippen molar-refractivity contribution in [3.63, 3.8) is 0 Å². The van der Waals surface area contributed by atoms with Gasteiger partial charge in [0.25, 0.3) is 0 Å². The summed E-state index contributed by atoms with van der Waals surface area (Å²) >= 11 is 0. The molecule has 3 nitrogen and oxygen atoms in total. The second-order valence-electron chi connectivity index (χ2n) is 9.27. The third-order valence-electron chi connectivity index (χ3n) is 6.14. The Labute approximate surface area is 175 Å². The molecule has 29 heavy (non-hydrogen) atoms. The zero-order chi connectivity index (χ0) is 20.4. The smallest absolute Gasteiger partial charge is 0.150 e. The maximum absolute atomic E-state index is 4.75. The molecule has 1 atom stereocenters. The highest BCUT2D eigenvalue weighted by molar-refractivity contribution is 5.72. The Morgan fingerprint density at radius 3 is 2.69 bits per heavy atom. The number of anilines is 2. The highest BCUT2D eigenvalue weighted by Crippen LogP contribution is 2.36. The van der Waals surface area contributed by atoms with Crippen molar-refractivity contribution in [3.8, 4) is 0 Å².